The Balaban J connectivity index is 0.00000680. The Morgan fingerprint density at radius 2 is 1.07 bits per heavy atom. The summed E-state index contributed by atoms with van der Waals surface area (Å²) in [6.07, 6.45) is 1.87. The largest absolute Gasteiger partial charge is 0.510 e. The third kappa shape index (κ3) is 10.2. The molecule has 8 heteroatoms. The Morgan fingerprint density at radius 3 is 1.67 bits per heavy atom. The van der Waals surface area contributed by atoms with E-state index in [-0.39, 0.29) is 37.3 Å². The summed E-state index contributed by atoms with van der Waals surface area (Å²) < 4.78 is 15.5. The van der Waals surface area contributed by atoms with E-state index in [0.717, 1.165) is 106 Å². The molecule has 0 saturated heterocycles. The first-order valence-corrected chi connectivity index (χ1v) is 28.0. The molecule has 1 aliphatic heterocycles. The molecule has 83 heavy (non-hydrogen) atoms. The summed E-state index contributed by atoms with van der Waals surface area (Å²) >= 11 is 0. The fourth-order valence-electron chi connectivity index (χ4n) is 11.4. The molecule has 0 spiro atoms. The molecule has 0 aliphatic carbocycles. The van der Waals surface area contributed by atoms with E-state index in [1.54, 1.807) is 6.07 Å². The molecule has 412 valence electrons. The number of nitrogens with zero attached hydrogens (tertiary/aromatic N) is 5. The summed E-state index contributed by atoms with van der Waals surface area (Å²) in [7, 11) is 0. The Labute approximate surface area is 501 Å². The molecule has 0 radical (unpaired) electrons. The predicted octanol–water partition coefficient (Wildman–Crippen LogP) is 20.8. The van der Waals surface area contributed by atoms with Gasteiger partial charge in [0.2, 0.25) is 0 Å². The maximum absolute atomic E-state index is 8.38. The van der Waals surface area contributed by atoms with Gasteiger partial charge in [0.1, 0.15) is 17.0 Å². The first kappa shape index (κ1) is 54.6. The second kappa shape index (κ2) is 21.1. The SMILES string of the molecule is [C-]#[N+]c1cc(Oc2[c-]c3c(cc2)c2oc4ccccc4c2n3-c2cc(C(C)(C)C)ccn2)[c-]c(N2[CH-]N(c3c(-c4cccc(-c5ccc(C(C)(C)C)cc5)c4)cccc3-c3cccc(-c4ccc(C(C)(C)C)cc4)c3)c3ccccc32)c1.[Pt]. The Kier molecular flexibility index (Phi) is 13.9. The standard InChI is InChI=1S/C75H62N5O2.Pt/c1-73(2,3)54-32-28-48(29-33-54)50-18-15-20-52(40-50)61-23-17-24-62(53-21-16-19-51(41-53)49-30-34-55(35-31-49)74(4,5)6)70(61)79-47-78(65-25-12-13-26-66(65)79)58-43-57(76-10)44-60(45-58)81-59-36-37-63-67(46-59)80(69-42-56(38-39-77-69)75(7,8)9)71-64-22-11-14-27-68(64)82-72(63)71;/h11-44,47H,1-9H3;/q-3;. The van der Waals surface area contributed by atoms with Crippen molar-refractivity contribution in [3.8, 4) is 61.8 Å². The summed E-state index contributed by atoms with van der Waals surface area (Å²) in [5.74, 6) is 1.59. The van der Waals surface area contributed by atoms with Gasteiger partial charge in [0, 0.05) is 72.3 Å². The molecule has 1 aliphatic rings. The number of pyridine rings is 1. The summed E-state index contributed by atoms with van der Waals surface area (Å²) in [5, 5.41) is 1.86. The van der Waals surface area contributed by atoms with Crippen molar-refractivity contribution in [3.63, 3.8) is 0 Å². The second-order valence-electron chi connectivity index (χ2n) is 24.5. The van der Waals surface area contributed by atoms with Gasteiger partial charge in [-0.15, -0.1) is 42.7 Å². The summed E-state index contributed by atoms with van der Waals surface area (Å²) in [6, 6.07) is 77.8. The van der Waals surface area contributed by atoms with Crippen LogP contribution in [0.5, 0.6) is 11.5 Å². The maximum atomic E-state index is 8.38. The summed E-state index contributed by atoms with van der Waals surface area (Å²) in [4.78, 5) is 13.3. The van der Waals surface area contributed by atoms with Crippen LogP contribution >= 0.6 is 0 Å². The molecule has 0 unspecified atom stereocenters. The van der Waals surface area contributed by atoms with Gasteiger partial charge in [0.05, 0.1) is 17.8 Å². The molecule has 9 aromatic carbocycles. The van der Waals surface area contributed by atoms with E-state index in [4.69, 9.17) is 20.7 Å². The average Bonchev–Trinajstić information content (AvgIpc) is 2.51. The Morgan fingerprint density at radius 1 is 0.506 bits per heavy atom. The molecule has 12 aromatic rings. The molecule has 0 amide bonds. The van der Waals surface area contributed by atoms with Gasteiger partial charge in [-0.1, -0.05) is 201 Å². The number of benzene rings is 9. The van der Waals surface area contributed by atoms with Crippen molar-refractivity contribution in [1.82, 2.24) is 9.55 Å². The van der Waals surface area contributed by atoms with Gasteiger partial charge in [-0.2, -0.15) is 6.07 Å². The molecule has 0 atom stereocenters. The number of anilines is 4. The molecule has 4 heterocycles. The first-order valence-electron chi connectivity index (χ1n) is 28.0. The third-order valence-corrected chi connectivity index (χ3v) is 15.8. The van der Waals surface area contributed by atoms with Gasteiger partial charge in [-0.25, -0.2) is 4.98 Å². The number of fused-ring (bicyclic) bond motifs is 6. The first-order chi connectivity index (χ1) is 39.5. The van der Waals surface area contributed by atoms with Gasteiger partial charge in [0.25, 0.3) is 0 Å². The van der Waals surface area contributed by atoms with Crippen molar-refractivity contribution in [1.29, 1.82) is 0 Å². The van der Waals surface area contributed by atoms with Crippen LogP contribution < -0.4 is 14.5 Å². The molecule has 0 N–H and O–H groups in total. The molecule has 7 nitrogen and oxygen atoms in total. The average molecular weight is 1260 g/mol. The van der Waals surface area contributed by atoms with Crippen LogP contribution in [0.2, 0.25) is 0 Å². The summed E-state index contributed by atoms with van der Waals surface area (Å²) in [5.41, 5.74) is 19.8. The molecular weight excluding hydrogens is 1200 g/mol. The maximum Gasteiger partial charge on any atom is 0.136 e. The van der Waals surface area contributed by atoms with Gasteiger partial charge in [0.15, 0.2) is 0 Å². The normalized spacial score (nSPS) is 12.7. The number of hydrogen-bond acceptors (Lipinski definition) is 5. The Bertz CT molecular complexity index is 4370. The zero-order chi connectivity index (χ0) is 56.7. The number of para-hydroxylation sites is 4. The van der Waals surface area contributed by atoms with E-state index in [1.165, 1.54) is 11.1 Å². The minimum atomic E-state index is -0.106. The van der Waals surface area contributed by atoms with E-state index < -0.39 is 0 Å². The van der Waals surface area contributed by atoms with Gasteiger partial charge < -0.3 is 23.5 Å². The summed E-state index contributed by atoms with van der Waals surface area (Å²) in [6.45, 7) is 30.6. The second-order valence-corrected chi connectivity index (χ2v) is 24.5. The predicted molar refractivity (Wildman–Crippen MR) is 338 cm³/mol. The number of rotatable bonds is 9. The third-order valence-electron chi connectivity index (χ3n) is 15.8. The zero-order valence-corrected chi connectivity index (χ0v) is 50.3. The number of hydrogen-bond donors (Lipinski definition) is 0. The number of aromatic nitrogens is 2. The molecule has 0 bridgehead atoms. The van der Waals surface area contributed by atoms with Crippen LogP contribution in [-0.4, -0.2) is 9.55 Å². The van der Waals surface area contributed by atoms with Crippen LogP contribution in [0.15, 0.2) is 211 Å². The fourth-order valence-corrected chi connectivity index (χ4v) is 11.4. The van der Waals surface area contributed by atoms with E-state index in [2.05, 4.69) is 258 Å². The van der Waals surface area contributed by atoms with Gasteiger partial charge in [-0.3, -0.25) is 4.85 Å². The van der Waals surface area contributed by atoms with E-state index in [0.29, 0.717) is 22.9 Å². The van der Waals surface area contributed by atoms with Crippen LogP contribution in [0.1, 0.15) is 79.0 Å². The van der Waals surface area contributed by atoms with Gasteiger partial charge in [-0.05, 0) is 115 Å². The van der Waals surface area contributed by atoms with Crippen molar-refractivity contribution in [2.75, 3.05) is 9.80 Å². The molecule has 13 rings (SSSR count). The van der Waals surface area contributed by atoms with Crippen LogP contribution in [0, 0.1) is 25.4 Å². The van der Waals surface area contributed by atoms with Crippen LogP contribution in [0.4, 0.5) is 28.4 Å². The minimum absolute atomic E-state index is 0. The van der Waals surface area contributed by atoms with Crippen molar-refractivity contribution in [2.45, 2.75) is 78.6 Å². The fraction of sp³-hybridized carbons (Fsp3) is 0.160. The molecule has 0 fully saturated rings. The van der Waals surface area contributed by atoms with Gasteiger partial charge >= 0.3 is 0 Å². The Hall–Kier alpha value is -8.95. The molecular formula is C75H62N5O2Pt-3. The van der Waals surface area contributed by atoms with Crippen LogP contribution in [0.25, 0.3) is 88.1 Å². The van der Waals surface area contributed by atoms with E-state index in [1.807, 2.05) is 42.6 Å². The zero-order valence-electron chi connectivity index (χ0n) is 48.1. The van der Waals surface area contributed by atoms with Crippen molar-refractivity contribution < 1.29 is 30.2 Å². The minimum Gasteiger partial charge on any atom is -0.510 e. The monoisotopic (exact) mass is 1260 g/mol. The van der Waals surface area contributed by atoms with Crippen molar-refractivity contribution >= 4 is 61.4 Å². The molecule has 0 saturated carbocycles. The molecule has 3 aromatic heterocycles. The quantitative estimate of drug-likeness (QED) is 0.135. The number of ether oxygens (including phenoxy) is 1. The smallest absolute Gasteiger partial charge is 0.136 e. The van der Waals surface area contributed by atoms with Crippen LogP contribution in [0.3, 0.4) is 0 Å². The number of furan rings is 1. The van der Waals surface area contributed by atoms with Crippen LogP contribution in [-0.2, 0) is 37.3 Å². The topological polar surface area (TPSA) is 51.0 Å². The van der Waals surface area contributed by atoms with E-state index in [9.17, 15) is 0 Å². The van der Waals surface area contributed by atoms with E-state index >= 15 is 0 Å². The van der Waals surface area contributed by atoms with Crippen molar-refractivity contribution in [2.24, 2.45) is 0 Å². The van der Waals surface area contributed by atoms with Crippen molar-refractivity contribution in [3.05, 3.63) is 253 Å².